The normalized spacial score (nSPS) is 15.5. The van der Waals surface area contributed by atoms with Gasteiger partial charge in [-0.25, -0.2) is 8.42 Å². The zero-order chi connectivity index (χ0) is 19.4. The lowest BCUT2D eigenvalue weighted by Crippen LogP contribution is -2.41. The third-order valence-electron chi connectivity index (χ3n) is 4.48. The molecule has 0 unspecified atom stereocenters. The van der Waals surface area contributed by atoms with Gasteiger partial charge in [-0.2, -0.15) is 4.31 Å². The van der Waals surface area contributed by atoms with E-state index < -0.39 is 10.0 Å². The van der Waals surface area contributed by atoms with Gasteiger partial charge >= 0.3 is 0 Å². The molecule has 0 bridgehead atoms. The van der Waals surface area contributed by atoms with E-state index in [1.165, 1.54) is 4.31 Å². The van der Waals surface area contributed by atoms with Gasteiger partial charge in [-0.1, -0.05) is 35.4 Å². The number of hydrogen-bond acceptors (Lipinski definition) is 4. The molecule has 1 amide bonds. The van der Waals surface area contributed by atoms with Gasteiger partial charge in [0.25, 0.3) is 5.91 Å². The second-order valence-corrected chi connectivity index (χ2v) is 8.59. The lowest BCUT2D eigenvalue weighted by Gasteiger charge is -2.27. The molecule has 0 spiro atoms. The Morgan fingerprint density at radius 2 is 1.70 bits per heavy atom. The highest BCUT2D eigenvalue weighted by atomic mass is 32.2. The van der Waals surface area contributed by atoms with Crippen LogP contribution in [0.4, 0.5) is 0 Å². The second kappa shape index (κ2) is 8.21. The Labute approximate surface area is 160 Å². The topological polar surface area (TPSA) is 75.7 Å². The zero-order valence-corrected chi connectivity index (χ0v) is 16.4. The van der Waals surface area contributed by atoms with Crippen molar-refractivity contribution < 1.29 is 17.9 Å². The number of carbonyl (C=O) groups excluding carboxylic acids is 1. The molecule has 6 nitrogen and oxygen atoms in total. The molecule has 0 radical (unpaired) electrons. The van der Waals surface area contributed by atoms with Gasteiger partial charge in [-0.15, -0.1) is 0 Å². The summed E-state index contributed by atoms with van der Waals surface area (Å²) in [6.07, 6.45) is 0. The van der Waals surface area contributed by atoms with Crippen molar-refractivity contribution in [2.24, 2.45) is 0 Å². The Morgan fingerprint density at radius 1 is 1.07 bits per heavy atom. The Kier molecular flexibility index (Phi) is 5.94. The maximum absolute atomic E-state index is 13.0. The Bertz CT molecular complexity index is 914. The fourth-order valence-corrected chi connectivity index (χ4v) is 4.84. The number of nitrogens with one attached hydrogen (secondary N) is 1. The van der Waals surface area contributed by atoms with Crippen molar-refractivity contribution in [3.8, 4) is 0 Å². The molecule has 144 valence electrons. The number of aryl methyl sites for hydroxylation is 2. The van der Waals surface area contributed by atoms with E-state index in [0.29, 0.717) is 37.4 Å². The van der Waals surface area contributed by atoms with E-state index in [4.69, 9.17) is 4.74 Å². The van der Waals surface area contributed by atoms with Crippen LogP contribution in [0.1, 0.15) is 27.0 Å². The van der Waals surface area contributed by atoms with Crippen LogP contribution in [0.5, 0.6) is 0 Å². The van der Waals surface area contributed by atoms with Crippen LogP contribution in [-0.4, -0.2) is 44.9 Å². The molecule has 0 aliphatic carbocycles. The minimum atomic E-state index is -3.62. The van der Waals surface area contributed by atoms with Gasteiger partial charge in [-0.3, -0.25) is 4.79 Å². The molecule has 1 aliphatic rings. The summed E-state index contributed by atoms with van der Waals surface area (Å²) >= 11 is 0. The van der Waals surface area contributed by atoms with Crippen LogP contribution in [-0.2, 0) is 21.3 Å². The lowest BCUT2D eigenvalue weighted by molar-refractivity contribution is 0.0730. The van der Waals surface area contributed by atoms with E-state index in [2.05, 4.69) is 5.32 Å². The van der Waals surface area contributed by atoms with Crippen molar-refractivity contribution in [2.45, 2.75) is 25.3 Å². The summed E-state index contributed by atoms with van der Waals surface area (Å²) in [4.78, 5) is 12.7. The summed E-state index contributed by atoms with van der Waals surface area (Å²) < 4.78 is 32.6. The molecule has 1 N–H and O–H groups in total. The number of benzene rings is 2. The molecule has 1 fully saturated rings. The molecule has 1 aliphatic heterocycles. The highest BCUT2D eigenvalue weighted by molar-refractivity contribution is 7.89. The summed E-state index contributed by atoms with van der Waals surface area (Å²) in [5.74, 6) is -0.222. The number of morpholine rings is 1. The van der Waals surface area contributed by atoms with Crippen LogP contribution < -0.4 is 5.32 Å². The highest BCUT2D eigenvalue weighted by Crippen LogP contribution is 2.21. The van der Waals surface area contributed by atoms with Crippen molar-refractivity contribution in [2.75, 3.05) is 26.3 Å². The molecule has 3 rings (SSSR count). The number of rotatable bonds is 5. The Hall–Kier alpha value is -2.22. The Morgan fingerprint density at radius 3 is 2.37 bits per heavy atom. The summed E-state index contributed by atoms with van der Waals surface area (Å²) in [5.41, 5.74) is 3.16. The van der Waals surface area contributed by atoms with Crippen LogP contribution in [0, 0.1) is 13.8 Å². The average molecular weight is 388 g/mol. The van der Waals surface area contributed by atoms with E-state index in [0.717, 1.165) is 11.1 Å². The molecule has 0 saturated carbocycles. The SMILES string of the molecule is Cc1cc(C)cc(C(=O)NCc2ccccc2S(=O)(=O)N2CCOCC2)c1. The van der Waals surface area contributed by atoms with Gasteiger partial charge < -0.3 is 10.1 Å². The average Bonchev–Trinajstić information content (AvgIpc) is 2.66. The quantitative estimate of drug-likeness (QED) is 0.852. The monoisotopic (exact) mass is 388 g/mol. The van der Waals surface area contributed by atoms with Gasteiger partial charge in [0.2, 0.25) is 10.0 Å². The van der Waals surface area contributed by atoms with Crippen molar-refractivity contribution in [1.82, 2.24) is 9.62 Å². The van der Waals surface area contributed by atoms with Gasteiger partial charge in [0.15, 0.2) is 0 Å². The molecule has 1 heterocycles. The fraction of sp³-hybridized carbons (Fsp3) is 0.350. The minimum absolute atomic E-state index is 0.144. The van der Waals surface area contributed by atoms with E-state index >= 15 is 0 Å². The van der Waals surface area contributed by atoms with Crippen LogP contribution >= 0.6 is 0 Å². The Balaban J connectivity index is 1.79. The molecule has 1 saturated heterocycles. The van der Waals surface area contributed by atoms with Crippen molar-refractivity contribution in [3.63, 3.8) is 0 Å². The first kappa shape index (κ1) is 19.5. The van der Waals surface area contributed by atoms with Crippen molar-refractivity contribution >= 4 is 15.9 Å². The first-order chi connectivity index (χ1) is 12.9. The van der Waals surface area contributed by atoms with E-state index in [1.54, 1.807) is 24.3 Å². The van der Waals surface area contributed by atoms with Crippen LogP contribution in [0.3, 0.4) is 0 Å². The molecule has 0 aromatic heterocycles. The summed E-state index contributed by atoms with van der Waals surface area (Å²) in [7, 11) is -3.62. The van der Waals surface area contributed by atoms with Crippen LogP contribution in [0.15, 0.2) is 47.4 Å². The molecule has 2 aromatic rings. The first-order valence-corrected chi connectivity index (χ1v) is 10.3. The summed E-state index contributed by atoms with van der Waals surface area (Å²) in [6.45, 7) is 5.49. The highest BCUT2D eigenvalue weighted by Gasteiger charge is 2.28. The predicted molar refractivity (Wildman–Crippen MR) is 103 cm³/mol. The van der Waals surface area contributed by atoms with Crippen LogP contribution in [0.2, 0.25) is 0 Å². The molecule has 2 aromatic carbocycles. The number of hydrogen-bond donors (Lipinski definition) is 1. The van der Waals surface area contributed by atoms with E-state index in [1.807, 2.05) is 32.0 Å². The minimum Gasteiger partial charge on any atom is -0.379 e. The molecular formula is C20H24N2O4S. The van der Waals surface area contributed by atoms with Gasteiger partial charge in [0.05, 0.1) is 18.1 Å². The number of sulfonamides is 1. The van der Waals surface area contributed by atoms with Gasteiger partial charge in [0.1, 0.15) is 0 Å². The molecule has 0 atom stereocenters. The largest absolute Gasteiger partial charge is 0.379 e. The standard InChI is InChI=1S/C20H24N2O4S/c1-15-11-16(2)13-18(12-15)20(23)21-14-17-5-3-4-6-19(17)27(24,25)22-7-9-26-10-8-22/h3-6,11-13H,7-10,14H2,1-2H3,(H,21,23). The number of carbonyl (C=O) groups is 1. The lowest BCUT2D eigenvalue weighted by atomic mass is 10.1. The molecular weight excluding hydrogens is 364 g/mol. The number of amides is 1. The van der Waals surface area contributed by atoms with Crippen molar-refractivity contribution in [3.05, 3.63) is 64.7 Å². The number of nitrogens with zero attached hydrogens (tertiary/aromatic N) is 1. The van der Waals surface area contributed by atoms with Gasteiger partial charge in [-0.05, 0) is 37.6 Å². The predicted octanol–water partition coefficient (Wildman–Crippen LogP) is 2.25. The second-order valence-electron chi connectivity index (χ2n) is 6.68. The third kappa shape index (κ3) is 4.55. The van der Waals surface area contributed by atoms with Gasteiger partial charge in [0, 0.05) is 25.2 Å². The third-order valence-corrected chi connectivity index (χ3v) is 6.48. The fourth-order valence-electron chi connectivity index (χ4n) is 3.21. The summed E-state index contributed by atoms with van der Waals surface area (Å²) in [6, 6.07) is 12.4. The van der Waals surface area contributed by atoms with Crippen LogP contribution in [0.25, 0.3) is 0 Å². The summed E-state index contributed by atoms with van der Waals surface area (Å²) in [5, 5.41) is 2.84. The van der Waals surface area contributed by atoms with Crippen molar-refractivity contribution in [1.29, 1.82) is 0 Å². The van der Waals surface area contributed by atoms with E-state index in [9.17, 15) is 13.2 Å². The maximum Gasteiger partial charge on any atom is 0.251 e. The maximum atomic E-state index is 13.0. The molecule has 7 heteroatoms. The molecule has 27 heavy (non-hydrogen) atoms. The smallest absolute Gasteiger partial charge is 0.251 e. The number of ether oxygens (including phenoxy) is 1. The first-order valence-electron chi connectivity index (χ1n) is 8.90. The van der Waals surface area contributed by atoms with E-state index in [-0.39, 0.29) is 17.3 Å². The zero-order valence-electron chi connectivity index (χ0n) is 15.6.